The second-order valence-corrected chi connectivity index (χ2v) is 6.15. The van der Waals surface area contributed by atoms with Gasteiger partial charge in [0.05, 0.1) is 29.8 Å². The third-order valence-corrected chi connectivity index (χ3v) is 4.17. The molecule has 26 heavy (non-hydrogen) atoms. The van der Waals surface area contributed by atoms with Crippen LogP contribution in [0.1, 0.15) is 13.3 Å². The summed E-state index contributed by atoms with van der Waals surface area (Å²) in [6, 6.07) is 10.9. The molecular weight excluding hydrogens is 356 g/mol. The van der Waals surface area contributed by atoms with E-state index in [2.05, 4.69) is 4.98 Å². The lowest BCUT2D eigenvalue weighted by Crippen LogP contribution is -2.10. The van der Waals surface area contributed by atoms with Gasteiger partial charge in [-0.15, -0.1) is 0 Å². The Bertz CT molecular complexity index is 952. The van der Waals surface area contributed by atoms with Crippen LogP contribution in [0.25, 0.3) is 22.4 Å². The van der Waals surface area contributed by atoms with Gasteiger partial charge < -0.3 is 19.1 Å². The minimum Gasteiger partial charge on any atom is -0.493 e. The highest BCUT2D eigenvalue weighted by molar-refractivity contribution is 6.32. The van der Waals surface area contributed by atoms with E-state index >= 15 is 0 Å². The van der Waals surface area contributed by atoms with E-state index in [-0.39, 0.29) is 6.54 Å². The van der Waals surface area contributed by atoms with E-state index in [0.717, 1.165) is 11.9 Å². The smallest absolute Gasteiger partial charge is 0.323 e. The summed E-state index contributed by atoms with van der Waals surface area (Å²) in [6.45, 7) is 2.32. The van der Waals surface area contributed by atoms with E-state index in [0.29, 0.717) is 40.0 Å². The summed E-state index contributed by atoms with van der Waals surface area (Å²) in [5.41, 5.74) is 2.12. The first kappa shape index (κ1) is 18.1. The van der Waals surface area contributed by atoms with Crippen LogP contribution < -0.4 is 9.47 Å². The van der Waals surface area contributed by atoms with E-state index in [9.17, 15) is 9.90 Å². The Morgan fingerprint density at radius 3 is 2.77 bits per heavy atom. The molecule has 0 saturated heterocycles. The number of halogens is 1. The van der Waals surface area contributed by atoms with Crippen LogP contribution in [0.5, 0.6) is 11.5 Å². The molecule has 3 aromatic rings. The number of aliphatic carboxylic acids is 1. The Kier molecular flexibility index (Phi) is 5.32. The predicted molar refractivity (Wildman–Crippen MR) is 100 cm³/mol. The molecule has 1 aromatic heterocycles. The minimum absolute atomic E-state index is 0.204. The number of carbonyl (C=O) groups is 1. The summed E-state index contributed by atoms with van der Waals surface area (Å²) in [7, 11) is 1.54. The maximum Gasteiger partial charge on any atom is 0.323 e. The molecule has 0 bridgehead atoms. The van der Waals surface area contributed by atoms with E-state index < -0.39 is 5.97 Å². The Morgan fingerprint density at radius 2 is 2.08 bits per heavy atom. The van der Waals surface area contributed by atoms with Gasteiger partial charge in [-0.25, -0.2) is 4.98 Å². The number of methoxy groups -OCH3 is 1. The minimum atomic E-state index is -0.949. The lowest BCUT2D eigenvalue weighted by molar-refractivity contribution is -0.137. The van der Waals surface area contributed by atoms with Crippen molar-refractivity contribution < 1.29 is 19.4 Å². The van der Waals surface area contributed by atoms with Gasteiger partial charge >= 0.3 is 5.97 Å². The van der Waals surface area contributed by atoms with E-state index in [4.69, 9.17) is 21.1 Å². The fourth-order valence-corrected chi connectivity index (χ4v) is 3.05. The van der Waals surface area contributed by atoms with Gasteiger partial charge in [-0.05, 0) is 30.7 Å². The first-order valence-electron chi connectivity index (χ1n) is 8.23. The second-order valence-electron chi connectivity index (χ2n) is 5.74. The van der Waals surface area contributed by atoms with Crippen molar-refractivity contribution in [3.63, 3.8) is 0 Å². The molecule has 0 spiro atoms. The molecule has 0 unspecified atom stereocenters. The van der Waals surface area contributed by atoms with Crippen LogP contribution in [0, 0.1) is 0 Å². The summed E-state index contributed by atoms with van der Waals surface area (Å²) in [5, 5.41) is 9.68. The highest BCUT2D eigenvalue weighted by Gasteiger charge is 2.19. The van der Waals surface area contributed by atoms with Crippen LogP contribution in [-0.2, 0) is 11.3 Å². The first-order chi connectivity index (χ1) is 12.5. The SMILES string of the molecule is CCCOc1c(Cl)cc(-c2nc3ccccc3n2CC(=O)O)cc1OC. The summed E-state index contributed by atoms with van der Waals surface area (Å²) >= 11 is 6.40. The molecule has 0 aliphatic carbocycles. The second kappa shape index (κ2) is 7.66. The third kappa shape index (κ3) is 3.46. The maximum atomic E-state index is 11.3. The fourth-order valence-electron chi connectivity index (χ4n) is 2.78. The zero-order valence-electron chi connectivity index (χ0n) is 14.5. The molecule has 1 heterocycles. The number of fused-ring (bicyclic) bond motifs is 1. The Morgan fingerprint density at radius 1 is 1.31 bits per heavy atom. The van der Waals surface area contributed by atoms with E-state index in [1.54, 1.807) is 16.7 Å². The van der Waals surface area contributed by atoms with Gasteiger partial charge in [0.2, 0.25) is 0 Å². The molecule has 136 valence electrons. The van der Waals surface area contributed by atoms with Crippen LogP contribution in [0.3, 0.4) is 0 Å². The Balaban J connectivity index is 2.17. The van der Waals surface area contributed by atoms with Crippen LogP contribution in [0.15, 0.2) is 36.4 Å². The summed E-state index contributed by atoms with van der Waals surface area (Å²) in [4.78, 5) is 15.9. The maximum absolute atomic E-state index is 11.3. The number of hydrogen-bond donors (Lipinski definition) is 1. The number of nitrogens with zero attached hydrogens (tertiary/aromatic N) is 2. The third-order valence-electron chi connectivity index (χ3n) is 3.89. The van der Waals surface area contributed by atoms with Crippen LogP contribution in [-0.4, -0.2) is 34.3 Å². The highest BCUT2D eigenvalue weighted by atomic mass is 35.5. The monoisotopic (exact) mass is 374 g/mol. The standard InChI is InChI=1S/C19H19ClN2O4/c1-3-8-26-18-13(20)9-12(10-16(18)25-2)19-21-14-6-4-5-7-15(14)22(19)11-17(23)24/h4-7,9-10H,3,8,11H2,1-2H3,(H,23,24). The van der Waals surface area contributed by atoms with Crippen molar-refractivity contribution in [2.24, 2.45) is 0 Å². The van der Waals surface area contributed by atoms with Crippen molar-refractivity contribution in [3.8, 4) is 22.9 Å². The number of ether oxygens (including phenoxy) is 2. The van der Waals surface area contributed by atoms with Crippen molar-refractivity contribution in [1.82, 2.24) is 9.55 Å². The molecule has 0 radical (unpaired) electrons. The molecule has 0 aliphatic heterocycles. The summed E-state index contributed by atoms with van der Waals surface area (Å²) in [6.07, 6.45) is 0.843. The van der Waals surface area contributed by atoms with E-state index in [1.165, 1.54) is 7.11 Å². The quantitative estimate of drug-likeness (QED) is 0.669. The molecule has 1 N–H and O–H groups in total. The largest absolute Gasteiger partial charge is 0.493 e. The predicted octanol–water partition coefficient (Wildman–Crippen LogP) is 4.24. The number of carboxylic acid groups (broad SMARTS) is 1. The first-order valence-corrected chi connectivity index (χ1v) is 8.60. The Labute approximate surface area is 155 Å². The van der Waals surface area contributed by atoms with Gasteiger partial charge in [0.25, 0.3) is 0 Å². The molecule has 6 nitrogen and oxygen atoms in total. The van der Waals surface area contributed by atoms with Gasteiger partial charge in [0.15, 0.2) is 11.5 Å². The number of aromatic nitrogens is 2. The van der Waals surface area contributed by atoms with Crippen LogP contribution >= 0.6 is 11.6 Å². The average Bonchev–Trinajstić information content (AvgIpc) is 2.98. The number of imidazole rings is 1. The average molecular weight is 375 g/mol. The van der Waals surface area contributed by atoms with Gasteiger partial charge in [0.1, 0.15) is 12.4 Å². The lowest BCUT2D eigenvalue weighted by Gasteiger charge is -2.14. The van der Waals surface area contributed by atoms with Crippen molar-refractivity contribution in [3.05, 3.63) is 41.4 Å². The van der Waals surface area contributed by atoms with Gasteiger partial charge in [-0.3, -0.25) is 4.79 Å². The molecule has 0 aliphatic rings. The number of hydrogen-bond acceptors (Lipinski definition) is 4. The van der Waals surface area contributed by atoms with Crippen LogP contribution in [0.2, 0.25) is 5.02 Å². The zero-order chi connectivity index (χ0) is 18.7. The van der Waals surface area contributed by atoms with Crippen molar-refractivity contribution in [2.75, 3.05) is 13.7 Å². The molecule has 2 aromatic carbocycles. The normalized spacial score (nSPS) is 10.9. The van der Waals surface area contributed by atoms with Crippen molar-refractivity contribution >= 4 is 28.6 Å². The number of carboxylic acids is 1. The lowest BCUT2D eigenvalue weighted by atomic mass is 10.2. The van der Waals surface area contributed by atoms with E-state index in [1.807, 2.05) is 31.2 Å². The molecule has 3 rings (SSSR count). The number of benzene rings is 2. The van der Waals surface area contributed by atoms with Crippen LogP contribution in [0.4, 0.5) is 0 Å². The van der Waals surface area contributed by atoms with Crippen molar-refractivity contribution in [2.45, 2.75) is 19.9 Å². The molecule has 0 amide bonds. The molecule has 0 fully saturated rings. The fraction of sp³-hybridized carbons (Fsp3) is 0.263. The number of para-hydroxylation sites is 2. The summed E-state index contributed by atoms with van der Waals surface area (Å²) in [5.74, 6) is 0.516. The van der Waals surface area contributed by atoms with Gasteiger partial charge in [-0.1, -0.05) is 30.7 Å². The molecular formula is C19H19ClN2O4. The summed E-state index contributed by atoms with van der Waals surface area (Å²) < 4.78 is 12.7. The molecule has 7 heteroatoms. The van der Waals surface area contributed by atoms with Gasteiger partial charge in [0, 0.05) is 5.56 Å². The molecule has 0 atom stereocenters. The topological polar surface area (TPSA) is 73.6 Å². The number of rotatable bonds is 7. The van der Waals surface area contributed by atoms with Gasteiger partial charge in [-0.2, -0.15) is 0 Å². The highest BCUT2D eigenvalue weighted by Crippen LogP contribution is 2.40. The zero-order valence-corrected chi connectivity index (χ0v) is 15.3. The molecule has 0 saturated carbocycles. The van der Waals surface area contributed by atoms with Crippen molar-refractivity contribution in [1.29, 1.82) is 0 Å². The Hall–Kier alpha value is -2.73.